The molecule has 0 spiro atoms. The predicted octanol–water partition coefficient (Wildman–Crippen LogP) is 2.51. The van der Waals surface area contributed by atoms with E-state index in [9.17, 15) is 16.8 Å². The van der Waals surface area contributed by atoms with Crippen LogP contribution in [0, 0.1) is 13.8 Å². The van der Waals surface area contributed by atoms with Gasteiger partial charge in [-0.25, -0.2) is 16.8 Å². The second kappa shape index (κ2) is 7.16. The fraction of sp³-hybridized carbons (Fsp3) is 0.294. The molecule has 0 saturated heterocycles. The quantitative estimate of drug-likeness (QED) is 0.807. The van der Waals surface area contributed by atoms with Gasteiger partial charge in [0, 0.05) is 12.7 Å². The summed E-state index contributed by atoms with van der Waals surface area (Å²) in [6.07, 6.45) is 1.09. The molecule has 0 heterocycles. The number of sulfonamides is 2. The second-order valence-corrected chi connectivity index (χ2v) is 9.63. The Bertz CT molecular complexity index is 1010. The minimum absolute atomic E-state index is 0.0421. The molecule has 2 aromatic carbocycles. The Labute approximate surface area is 154 Å². The van der Waals surface area contributed by atoms with Gasteiger partial charge in [-0.2, -0.15) is 0 Å². The van der Waals surface area contributed by atoms with Crippen LogP contribution in [0.1, 0.15) is 11.1 Å². The molecule has 0 bridgehead atoms. The lowest BCUT2D eigenvalue weighted by molar-refractivity contribution is 0.402. The van der Waals surface area contributed by atoms with Crippen molar-refractivity contribution >= 4 is 31.4 Å². The first-order chi connectivity index (χ1) is 12.0. The lowest BCUT2D eigenvalue weighted by Crippen LogP contribution is -2.24. The lowest BCUT2D eigenvalue weighted by Gasteiger charge is -2.17. The zero-order chi connectivity index (χ0) is 19.7. The van der Waals surface area contributed by atoms with Gasteiger partial charge in [0.1, 0.15) is 10.6 Å². The third-order valence-electron chi connectivity index (χ3n) is 4.05. The van der Waals surface area contributed by atoms with Crippen molar-refractivity contribution in [3.63, 3.8) is 0 Å². The highest BCUT2D eigenvalue weighted by Gasteiger charge is 2.21. The van der Waals surface area contributed by atoms with Crippen molar-refractivity contribution in [1.82, 2.24) is 0 Å². The van der Waals surface area contributed by atoms with Crippen LogP contribution >= 0.6 is 0 Å². The Hall–Kier alpha value is -2.26. The first kappa shape index (κ1) is 20.1. The van der Waals surface area contributed by atoms with Gasteiger partial charge in [0.2, 0.25) is 10.0 Å². The Morgan fingerprint density at radius 3 is 2.00 bits per heavy atom. The maximum atomic E-state index is 12.7. The Morgan fingerprint density at radius 1 is 0.962 bits per heavy atom. The van der Waals surface area contributed by atoms with Crippen LogP contribution < -0.4 is 13.8 Å². The smallest absolute Gasteiger partial charge is 0.265 e. The van der Waals surface area contributed by atoms with Crippen molar-refractivity contribution in [2.75, 3.05) is 29.4 Å². The van der Waals surface area contributed by atoms with Crippen molar-refractivity contribution in [3.05, 3.63) is 47.5 Å². The lowest BCUT2D eigenvalue weighted by atomic mass is 10.1. The van der Waals surface area contributed by atoms with Crippen molar-refractivity contribution in [2.24, 2.45) is 0 Å². The standard InChI is InChI=1S/C17H22N2O5S2/c1-12-10-16(24-4)17(11-13(12)2)26(22,23)18-14-6-8-15(9-7-14)19(3)25(5,20)21/h6-11,18H,1-5H3. The number of ether oxygens (including phenoxy) is 1. The molecule has 26 heavy (non-hydrogen) atoms. The molecule has 0 aromatic heterocycles. The number of nitrogens with one attached hydrogen (secondary N) is 1. The van der Waals surface area contributed by atoms with E-state index in [2.05, 4.69) is 4.72 Å². The number of rotatable bonds is 6. The van der Waals surface area contributed by atoms with Gasteiger partial charge in [-0.15, -0.1) is 0 Å². The van der Waals surface area contributed by atoms with E-state index in [-0.39, 0.29) is 10.6 Å². The summed E-state index contributed by atoms with van der Waals surface area (Å²) in [6, 6.07) is 9.29. The first-order valence-electron chi connectivity index (χ1n) is 7.67. The van der Waals surface area contributed by atoms with E-state index < -0.39 is 20.0 Å². The number of hydrogen-bond donors (Lipinski definition) is 1. The zero-order valence-electron chi connectivity index (χ0n) is 15.3. The summed E-state index contributed by atoms with van der Waals surface area (Å²) in [5.74, 6) is 0.258. The molecule has 2 aromatic rings. The van der Waals surface area contributed by atoms with Crippen molar-refractivity contribution in [3.8, 4) is 5.75 Å². The topological polar surface area (TPSA) is 92.8 Å². The van der Waals surface area contributed by atoms with E-state index in [1.165, 1.54) is 38.4 Å². The third kappa shape index (κ3) is 4.28. The first-order valence-corrected chi connectivity index (χ1v) is 11.0. The van der Waals surface area contributed by atoms with Gasteiger partial charge in [0.25, 0.3) is 10.0 Å². The summed E-state index contributed by atoms with van der Waals surface area (Å²) in [5, 5.41) is 0. The molecule has 0 aliphatic carbocycles. The molecular formula is C17H22N2O5S2. The van der Waals surface area contributed by atoms with Crippen molar-refractivity contribution in [2.45, 2.75) is 18.7 Å². The average Bonchev–Trinajstić information content (AvgIpc) is 2.55. The zero-order valence-corrected chi connectivity index (χ0v) is 16.9. The molecule has 1 N–H and O–H groups in total. The van der Waals surface area contributed by atoms with Gasteiger partial charge < -0.3 is 4.74 Å². The van der Waals surface area contributed by atoms with Gasteiger partial charge in [-0.3, -0.25) is 9.03 Å². The Kier molecular flexibility index (Phi) is 5.52. The molecule has 7 nitrogen and oxygen atoms in total. The number of aryl methyl sites for hydroxylation is 2. The SMILES string of the molecule is COc1cc(C)c(C)cc1S(=O)(=O)Nc1ccc(N(C)S(C)(=O)=O)cc1. The fourth-order valence-electron chi connectivity index (χ4n) is 2.27. The highest BCUT2D eigenvalue weighted by atomic mass is 32.2. The number of benzene rings is 2. The van der Waals surface area contributed by atoms with E-state index in [1.807, 2.05) is 13.8 Å². The van der Waals surface area contributed by atoms with Gasteiger partial charge in [0.05, 0.1) is 19.1 Å². The molecule has 0 aliphatic heterocycles. The van der Waals surface area contributed by atoms with Gasteiger partial charge in [-0.1, -0.05) is 0 Å². The van der Waals surface area contributed by atoms with E-state index in [0.717, 1.165) is 21.7 Å². The molecule has 0 fully saturated rings. The van der Waals surface area contributed by atoms with Crippen molar-refractivity contribution in [1.29, 1.82) is 0 Å². The average molecular weight is 399 g/mol. The summed E-state index contributed by atoms with van der Waals surface area (Å²) < 4.78 is 57.4. The predicted molar refractivity (Wildman–Crippen MR) is 103 cm³/mol. The summed E-state index contributed by atoms with van der Waals surface area (Å²) >= 11 is 0. The van der Waals surface area contributed by atoms with Gasteiger partial charge >= 0.3 is 0 Å². The van der Waals surface area contributed by atoms with Crippen LogP contribution in [-0.4, -0.2) is 37.2 Å². The molecule has 0 radical (unpaired) electrons. The maximum Gasteiger partial charge on any atom is 0.265 e. The van der Waals surface area contributed by atoms with E-state index in [1.54, 1.807) is 12.1 Å². The molecular weight excluding hydrogens is 376 g/mol. The van der Waals surface area contributed by atoms with Gasteiger partial charge in [0.15, 0.2) is 0 Å². The van der Waals surface area contributed by atoms with E-state index in [0.29, 0.717) is 11.4 Å². The van der Waals surface area contributed by atoms with Crippen LogP contribution in [0.3, 0.4) is 0 Å². The van der Waals surface area contributed by atoms with E-state index in [4.69, 9.17) is 4.74 Å². The van der Waals surface area contributed by atoms with Crippen LogP contribution in [-0.2, 0) is 20.0 Å². The summed E-state index contributed by atoms with van der Waals surface area (Å²) in [6.45, 7) is 3.70. The molecule has 0 aliphatic rings. The molecule has 0 unspecified atom stereocenters. The number of anilines is 2. The fourth-order valence-corrected chi connectivity index (χ4v) is 4.07. The highest BCUT2D eigenvalue weighted by molar-refractivity contribution is 7.93. The number of methoxy groups -OCH3 is 1. The number of hydrogen-bond acceptors (Lipinski definition) is 5. The highest BCUT2D eigenvalue weighted by Crippen LogP contribution is 2.29. The summed E-state index contributed by atoms with van der Waals surface area (Å²) in [4.78, 5) is 0.0421. The Balaban J connectivity index is 2.35. The minimum Gasteiger partial charge on any atom is -0.495 e. The van der Waals surface area contributed by atoms with Crippen LogP contribution in [0.15, 0.2) is 41.3 Å². The maximum absolute atomic E-state index is 12.7. The van der Waals surface area contributed by atoms with E-state index >= 15 is 0 Å². The summed E-state index contributed by atoms with van der Waals surface area (Å²) in [7, 11) is -4.41. The van der Waals surface area contributed by atoms with Crippen LogP contribution in [0.25, 0.3) is 0 Å². The van der Waals surface area contributed by atoms with Crippen LogP contribution in [0.2, 0.25) is 0 Å². The molecule has 0 saturated carbocycles. The Morgan fingerprint density at radius 2 is 1.50 bits per heavy atom. The van der Waals surface area contributed by atoms with Crippen LogP contribution in [0.4, 0.5) is 11.4 Å². The minimum atomic E-state index is -3.86. The monoisotopic (exact) mass is 398 g/mol. The molecule has 0 atom stereocenters. The summed E-state index contributed by atoms with van der Waals surface area (Å²) in [5.41, 5.74) is 2.50. The molecule has 0 amide bonds. The second-order valence-electron chi connectivity index (χ2n) is 5.97. The molecule has 2 rings (SSSR count). The van der Waals surface area contributed by atoms with Crippen LogP contribution in [0.5, 0.6) is 5.75 Å². The third-order valence-corrected chi connectivity index (χ3v) is 6.66. The number of nitrogens with zero attached hydrogens (tertiary/aromatic N) is 1. The van der Waals surface area contributed by atoms with Gasteiger partial charge in [-0.05, 0) is 61.4 Å². The normalized spacial score (nSPS) is 11.9. The van der Waals surface area contributed by atoms with Crippen molar-refractivity contribution < 1.29 is 21.6 Å². The molecule has 9 heteroatoms. The molecule has 142 valence electrons. The largest absolute Gasteiger partial charge is 0.495 e.